The Morgan fingerprint density at radius 1 is 1.39 bits per heavy atom. The lowest BCUT2D eigenvalue weighted by molar-refractivity contribution is 0.0270. The van der Waals surface area contributed by atoms with Crippen LogP contribution in [0.4, 0.5) is 4.79 Å². The fourth-order valence-electron chi connectivity index (χ4n) is 2.70. The number of tetrazole rings is 1. The number of amides is 1. The van der Waals surface area contributed by atoms with Crippen LogP contribution in [0.15, 0.2) is 0 Å². The molecule has 2 fully saturated rings. The molecule has 0 aromatic carbocycles. The van der Waals surface area contributed by atoms with E-state index in [2.05, 4.69) is 20.6 Å². The van der Waals surface area contributed by atoms with Crippen LogP contribution in [0.25, 0.3) is 0 Å². The molecule has 2 heterocycles. The summed E-state index contributed by atoms with van der Waals surface area (Å²) in [5, 5.41) is 14.1. The molecule has 2 aliphatic rings. The monoisotopic (exact) mass is 251 g/mol. The van der Waals surface area contributed by atoms with Crippen LogP contribution in [-0.2, 0) is 4.74 Å². The number of H-pyrrole nitrogens is 1. The number of hydrogen-bond acceptors (Lipinski definition) is 5. The molecule has 18 heavy (non-hydrogen) atoms. The molecule has 1 saturated heterocycles. The number of rotatable bonds is 1. The summed E-state index contributed by atoms with van der Waals surface area (Å²) < 4.78 is 5.35. The summed E-state index contributed by atoms with van der Waals surface area (Å²) in [7, 11) is 0. The lowest BCUT2D eigenvalue weighted by atomic mass is 10.2. The van der Waals surface area contributed by atoms with Gasteiger partial charge in [-0.05, 0) is 32.6 Å². The van der Waals surface area contributed by atoms with E-state index in [1.807, 2.05) is 20.8 Å². The van der Waals surface area contributed by atoms with Crippen LogP contribution in [0.3, 0.4) is 0 Å². The summed E-state index contributed by atoms with van der Waals surface area (Å²) in [6.07, 6.45) is -0.221. The normalized spacial score (nSPS) is 30.2. The molecule has 1 aromatic rings. The quantitative estimate of drug-likeness (QED) is 0.797. The second kappa shape index (κ2) is 3.66. The third kappa shape index (κ3) is 1.93. The average Bonchev–Trinajstić information content (AvgIpc) is 2.76. The van der Waals surface area contributed by atoms with Crippen molar-refractivity contribution in [2.75, 3.05) is 13.1 Å². The first-order chi connectivity index (χ1) is 8.46. The third-order valence-electron chi connectivity index (χ3n) is 3.51. The van der Waals surface area contributed by atoms with E-state index in [9.17, 15) is 4.79 Å². The summed E-state index contributed by atoms with van der Waals surface area (Å²) in [5.41, 5.74) is -0.434. The molecular formula is C11H17N5O2. The minimum atomic E-state index is -0.434. The SMILES string of the molecule is CC(C)(C)OC(=O)N1CC2C(C1)C2c1nn[nH]n1. The number of hydrogen-bond donors (Lipinski definition) is 1. The second-order valence-corrected chi connectivity index (χ2v) is 6.01. The molecule has 1 N–H and O–H groups in total. The summed E-state index contributed by atoms with van der Waals surface area (Å²) in [6.45, 7) is 7.11. The molecule has 98 valence electrons. The Morgan fingerprint density at radius 2 is 2.06 bits per heavy atom. The van der Waals surface area contributed by atoms with Gasteiger partial charge in [-0.15, -0.1) is 10.2 Å². The number of likely N-dealkylation sites (tertiary alicyclic amines) is 1. The first-order valence-electron chi connectivity index (χ1n) is 6.17. The predicted octanol–water partition coefficient (Wildman–Crippen LogP) is 0.780. The van der Waals surface area contributed by atoms with E-state index in [0.717, 1.165) is 18.9 Å². The van der Waals surface area contributed by atoms with Crippen molar-refractivity contribution in [3.63, 3.8) is 0 Å². The Balaban J connectivity index is 1.56. The van der Waals surface area contributed by atoms with E-state index in [1.165, 1.54) is 0 Å². The Morgan fingerprint density at radius 3 is 2.56 bits per heavy atom. The zero-order valence-corrected chi connectivity index (χ0v) is 10.8. The number of carbonyl (C=O) groups is 1. The van der Waals surface area contributed by atoms with Gasteiger partial charge in [0.05, 0.1) is 0 Å². The fourth-order valence-corrected chi connectivity index (χ4v) is 2.70. The van der Waals surface area contributed by atoms with Gasteiger partial charge >= 0.3 is 6.09 Å². The van der Waals surface area contributed by atoms with E-state index >= 15 is 0 Å². The van der Waals surface area contributed by atoms with Gasteiger partial charge in [-0.2, -0.15) is 5.21 Å². The molecule has 2 atom stereocenters. The van der Waals surface area contributed by atoms with Crippen LogP contribution < -0.4 is 0 Å². The summed E-state index contributed by atoms with van der Waals surface area (Å²) >= 11 is 0. The lowest BCUT2D eigenvalue weighted by Crippen LogP contribution is -2.36. The maximum Gasteiger partial charge on any atom is 0.410 e. The van der Waals surface area contributed by atoms with Crippen molar-refractivity contribution in [3.05, 3.63) is 5.82 Å². The summed E-state index contributed by atoms with van der Waals surface area (Å²) in [4.78, 5) is 13.6. The van der Waals surface area contributed by atoms with Crippen molar-refractivity contribution in [2.45, 2.75) is 32.3 Å². The molecule has 2 unspecified atom stereocenters. The van der Waals surface area contributed by atoms with Gasteiger partial charge in [0.1, 0.15) is 5.60 Å². The first kappa shape index (κ1) is 11.4. The lowest BCUT2D eigenvalue weighted by Gasteiger charge is -2.25. The Bertz CT molecular complexity index is 440. The molecule has 0 spiro atoms. The van der Waals surface area contributed by atoms with Crippen molar-refractivity contribution in [3.8, 4) is 0 Å². The highest BCUT2D eigenvalue weighted by Crippen LogP contribution is 2.57. The number of piperidine rings is 1. The molecule has 1 aliphatic heterocycles. The molecule has 1 aliphatic carbocycles. The Hall–Kier alpha value is -1.66. The predicted molar refractivity (Wildman–Crippen MR) is 61.7 cm³/mol. The molecule has 1 saturated carbocycles. The van der Waals surface area contributed by atoms with Gasteiger partial charge in [-0.1, -0.05) is 5.21 Å². The maximum absolute atomic E-state index is 11.9. The molecule has 3 rings (SSSR count). The fraction of sp³-hybridized carbons (Fsp3) is 0.818. The number of aromatic amines is 1. The number of carbonyl (C=O) groups excluding carboxylic acids is 1. The van der Waals surface area contributed by atoms with E-state index < -0.39 is 5.60 Å². The molecule has 7 nitrogen and oxygen atoms in total. The topological polar surface area (TPSA) is 84.0 Å². The third-order valence-corrected chi connectivity index (χ3v) is 3.51. The Labute approximate surface area is 105 Å². The van der Waals surface area contributed by atoms with Crippen LogP contribution in [0.5, 0.6) is 0 Å². The highest BCUT2D eigenvalue weighted by Gasteiger charge is 2.59. The maximum atomic E-state index is 11.9. The largest absolute Gasteiger partial charge is 0.444 e. The van der Waals surface area contributed by atoms with Gasteiger partial charge in [0.15, 0.2) is 5.82 Å². The van der Waals surface area contributed by atoms with Crippen LogP contribution in [-0.4, -0.2) is 50.3 Å². The van der Waals surface area contributed by atoms with Crippen LogP contribution >= 0.6 is 0 Å². The highest BCUT2D eigenvalue weighted by atomic mass is 16.6. The Kier molecular flexibility index (Phi) is 2.33. The molecule has 7 heteroatoms. The number of nitrogens with one attached hydrogen (secondary N) is 1. The zero-order valence-electron chi connectivity index (χ0n) is 10.8. The standard InChI is InChI=1S/C11H17N5O2/c1-11(2,3)18-10(17)16-4-6-7(5-16)8(6)9-12-14-15-13-9/h6-8H,4-5H2,1-3H3,(H,12,13,14,15). The second-order valence-electron chi connectivity index (χ2n) is 6.01. The molecule has 0 radical (unpaired) electrons. The van der Waals surface area contributed by atoms with Crippen LogP contribution in [0.1, 0.15) is 32.5 Å². The first-order valence-corrected chi connectivity index (χ1v) is 6.17. The van der Waals surface area contributed by atoms with E-state index in [4.69, 9.17) is 4.74 Å². The highest BCUT2D eigenvalue weighted by molar-refractivity contribution is 5.69. The zero-order chi connectivity index (χ0) is 12.9. The minimum absolute atomic E-state index is 0.221. The summed E-state index contributed by atoms with van der Waals surface area (Å²) in [5.74, 6) is 2.07. The van der Waals surface area contributed by atoms with Crippen molar-refractivity contribution >= 4 is 6.09 Å². The van der Waals surface area contributed by atoms with Gasteiger partial charge < -0.3 is 9.64 Å². The van der Waals surface area contributed by atoms with Crippen LogP contribution in [0.2, 0.25) is 0 Å². The van der Waals surface area contributed by atoms with Gasteiger partial charge in [0, 0.05) is 19.0 Å². The minimum Gasteiger partial charge on any atom is -0.444 e. The summed E-state index contributed by atoms with van der Waals surface area (Å²) in [6, 6.07) is 0. The average molecular weight is 251 g/mol. The van der Waals surface area contributed by atoms with Gasteiger partial charge in [0.25, 0.3) is 0 Å². The van der Waals surface area contributed by atoms with Gasteiger partial charge in [0.2, 0.25) is 0 Å². The van der Waals surface area contributed by atoms with Crippen molar-refractivity contribution in [1.29, 1.82) is 0 Å². The molecule has 1 amide bonds. The van der Waals surface area contributed by atoms with Crippen LogP contribution in [0, 0.1) is 11.8 Å². The van der Waals surface area contributed by atoms with Crippen molar-refractivity contribution in [2.24, 2.45) is 11.8 Å². The van der Waals surface area contributed by atoms with Crippen molar-refractivity contribution < 1.29 is 9.53 Å². The smallest absolute Gasteiger partial charge is 0.410 e. The number of nitrogens with zero attached hydrogens (tertiary/aromatic N) is 4. The van der Waals surface area contributed by atoms with E-state index in [1.54, 1.807) is 4.90 Å². The number of ether oxygens (including phenoxy) is 1. The van der Waals surface area contributed by atoms with E-state index in [-0.39, 0.29) is 6.09 Å². The molecular weight excluding hydrogens is 234 g/mol. The van der Waals surface area contributed by atoms with Crippen molar-refractivity contribution in [1.82, 2.24) is 25.5 Å². The van der Waals surface area contributed by atoms with Gasteiger partial charge in [-0.3, -0.25) is 0 Å². The number of fused-ring (bicyclic) bond motifs is 1. The number of aromatic nitrogens is 4. The van der Waals surface area contributed by atoms with Gasteiger partial charge in [-0.25, -0.2) is 4.79 Å². The molecule has 1 aromatic heterocycles. The van der Waals surface area contributed by atoms with E-state index in [0.29, 0.717) is 17.8 Å². The molecule has 0 bridgehead atoms.